The van der Waals surface area contributed by atoms with E-state index in [-0.39, 0.29) is 31.5 Å². The van der Waals surface area contributed by atoms with Crippen LogP contribution < -0.4 is 10.1 Å². The summed E-state index contributed by atoms with van der Waals surface area (Å²) >= 11 is 0. The van der Waals surface area contributed by atoms with E-state index in [1.54, 1.807) is 24.3 Å². The number of nitrogens with zero attached hydrogens (tertiary/aromatic N) is 3. The molecule has 0 bridgehead atoms. The van der Waals surface area contributed by atoms with Crippen molar-refractivity contribution in [2.75, 3.05) is 43.4 Å². The zero-order chi connectivity index (χ0) is 32.4. The summed E-state index contributed by atoms with van der Waals surface area (Å²) in [5.74, 6) is -0.0693. The minimum absolute atomic E-state index is 0.0157. The van der Waals surface area contributed by atoms with Crippen molar-refractivity contribution in [1.82, 2.24) is 0 Å². The first-order chi connectivity index (χ1) is 20.0. The maximum Gasteiger partial charge on any atom is 0.352 e. The number of nitro benzene ring substituents is 2. The van der Waals surface area contributed by atoms with Crippen molar-refractivity contribution in [2.45, 2.75) is 37.2 Å². The van der Waals surface area contributed by atoms with Gasteiger partial charge in [0.25, 0.3) is 15.5 Å². The number of aliphatic hydroxyl groups is 1. The number of anilines is 1. The zero-order valence-electron chi connectivity index (χ0n) is 23.5. The van der Waals surface area contributed by atoms with E-state index in [2.05, 4.69) is 5.32 Å². The number of hydrogen-bond acceptors (Lipinski definition) is 12. The van der Waals surface area contributed by atoms with Crippen LogP contribution in [-0.4, -0.2) is 82.9 Å². The van der Waals surface area contributed by atoms with Gasteiger partial charge in [-0.25, -0.2) is 0 Å². The molecule has 0 aliphatic carbocycles. The molecule has 238 valence electrons. The van der Waals surface area contributed by atoms with Gasteiger partial charge in [0.15, 0.2) is 0 Å². The van der Waals surface area contributed by atoms with E-state index in [0.29, 0.717) is 24.1 Å². The van der Waals surface area contributed by atoms with Crippen LogP contribution >= 0.6 is 10.3 Å². The predicted octanol–water partition coefficient (Wildman–Crippen LogP) is 3.66. The Labute approximate surface area is 248 Å². The molecule has 0 radical (unpaired) electrons. The van der Waals surface area contributed by atoms with Gasteiger partial charge in [0.1, 0.15) is 24.5 Å². The third-order valence-electron chi connectivity index (χ3n) is 5.52. The van der Waals surface area contributed by atoms with Crippen LogP contribution in [0.2, 0.25) is 0 Å². The molecule has 0 heterocycles. The van der Waals surface area contributed by atoms with E-state index >= 15 is 0 Å². The van der Waals surface area contributed by atoms with Crippen LogP contribution in [0.15, 0.2) is 41.3 Å². The third-order valence-corrected chi connectivity index (χ3v) is 8.18. The molecule has 3 N–H and O–H groups in total. The minimum atomic E-state index is -5.40. The summed E-state index contributed by atoms with van der Waals surface area (Å²) in [7, 11) is -7.89. The number of nitrogens with one attached hydrogen (secondary N) is 1. The quantitative estimate of drug-likeness (QED) is 0.0905. The van der Waals surface area contributed by atoms with Crippen LogP contribution in [0.1, 0.15) is 26.2 Å². The zero-order valence-corrected chi connectivity index (χ0v) is 25.2. The number of aliphatic hydroxyl groups excluding tert-OH is 1. The van der Waals surface area contributed by atoms with Crippen molar-refractivity contribution in [3.8, 4) is 5.75 Å². The van der Waals surface area contributed by atoms with E-state index in [0.717, 1.165) is 12.8 Å². The van der Waals surface area contributed by atoms with E-state index < -0.39 is 69.2 Å². The number of amides is 1. The Kier molecular flexibility index (Phi) is 12.7. The SMILES string of the molecule is CCCCOCC(O)COc1ccc(NC(=O)CCS(C)(C)O[N+](=O)c2cc([N+](=O)[O-])cc([N+](=O)[O-])c2S(=O)(=O)O)cc1. The van der Waals surface area contributed by atoms with Gasteiger partial charge in [0.2, 0.25) is 5.91 Å². The summed E-state index contributed by atoms with van der Waals surface area (Å²) in [5.41, 5.74) is -3.14. The van der Waals surface area contributed by atoms with Crippen LogP contribution in [-0.2, 0) is 23.9 Å². The monoisotopic (exact) mass is 649 g/mol. The van der Waals surface area contributed by atoms with Gasteiger partial charge in [0.05, 0.1) is 27.4 Å². The van der Waals surface area contributed by atoms with Crippen LogP contribution in [0.5, 0.6) is 5.75 Å². The number of rotatable bonds is 18. The van der Waals surface area contributed by atoms with Gasteiger partial charge in [0, 0.05) is 37.0 Å². The molecule has 2 aromatic rings. The van der Waals surface area contributed by atoms with Crippen molar-refractivity contribution in [3.05, 3.63) is 61.5 Å². The van der Waals surface area contributed by atoms with Gasteiger partial charge >= 0.3 is 21.5 Å². The van der Waals surface area contributed by atoms with Crippen molar-refractivity contribution < 1.29 is 51.4 Å². The molecule has 1 atom stereocenters. The summed E-state index contributed by atoms with van der Waals surface area (Å²) in [4.78, 5) is 43.5. The highest BCUT2D eigenvalue weighted by atomic mass is 32.3. The normalized spacial score (nSPS) is 12.7. The number of hydrogen-bond donors (Lipinski definition) is 3. The summed E-state index contributed by atoms with van der Waals surface area (Å²) in [6.45, 7) is 2.75. The molecule has 19 heteroatoms. The lowest BCUT2D eigenvalue weighted by Crippen LogP contribution is -2.23. The molecular weight excluding hydrogens is 616 g/mol. The molecular formula is C24H33N4O13S2+. The Morgan fingerprint density at radius 2 is 1.65 bits per heavy atom. The highest BCUT2D eigenvalue weighted by Gasteiger charge is 2.42. The summed E-state index contributed by atoms with van der Waals surface area (Å²) in [5, 5.41) is 35.1. The lowest BCUT2D eigenvalue weighted by molar-refractivity contribution is -0.698. The van der Waals surface area contributed by atoms with E-state index in [1.807, 2.05) is 6.92 Å². The van der Waals surface area contributed by atoms with Crippen LogP contribution in [0.25, 0.3) is 0 Å². The minimum Gasteiger partial charge on any atom is -0.491 e. The Morgan fingerprint density at radius 3 is 2.21 bits per heavy atom. The highest BCUT2D eigenvalue weighted by molar-refractivity contribution is 8.28. The number of carbonyl (C=O) groups excluding carboxylic acids is 1. The maximum absolute atomic E-state index is 12.8. The van der Waals surface area contributed by atoms with Gasteiger partial charge in [-0.1, -0.05) is 13.3 Å². The summed E-state index contributed by atoms with van der Waals surface area (Å²) in [6, 6.07) is 7.00. The number of benzene rings is 2. The second-order valence-electron chi connectivity index (χ2n) is 9.49. The standard InChI is InChI=1S/C24H32N4O13S2/c1-4-5-11-39-15-19(29)16-40-20-8-6-17(7-9-20)25-23(30)10-12-42(2,3)41-28(35)22-14-18(26(31)32)13-21(27(33)34)24(22)43(36,37)38/h6-9,13-14,19,29H,4-5,10-12,15-16H2,1-3H3,(H-,25,30,36,37,38)/p+1. The first-order valence-electron chi connectivity index (χ1n) is 12.6. The fourth-order valence-corrected chi connectivity index (χ4v) is 5.38. The highest BCUT2D eigenvalue weighted by Crippen LogP contribution is 2.45. The molecule has 0 saturated heterocycles. The molecule has 1 unspecified atom stereocenters. The number of non-ortho nitro benzene ring substituents is 1. The second kappa shape index (κ2) is 15.5. The number of carbonyl (C=O) groups is 1. The Hall–Kier alpha value is -3.91. The van der Waals surface area contributed by atoms with Crippen LogP contribution in [0.4, 0.5) is 22.7 Å². The number of nitro groups is 2. The number of unbranched alkanes of at least 4 members (excludes halogenated alkanes) is 1. The van der Waals surface area contributed by atoms with Gasteiger partial charge in [-0.2, -0.15) is 12.7 Å². The topological polar surface area (TPSA) is 238 Å². The van der Waals surface area contributed by atoms with Crippen LogP contribution in [0, 0.1) is 25.1 Å². The molecule has 0 saturated carbocycles. The molecule has 1 amide bonds. The molecule has 0 aromatic heterocycles. The lowest BCUT2D eigenvalue weighted by Gasteiger charge is -2.23. The van der Waals surface area contributed by atoms with Gasteiger partial charge in [-0.15, -0.1) is 0 Å². The molecule has 0 fully saturated rings. The Bertz CT molecular complexity index is 1430. The average Bonchev–Trinajstić information content (AvgIpc) is 2.92. The third kappa shape index (κ3) is 11.4. The Morgan fingerprint density at radius 1 is 1.02 bits per heavy atom. The maximum atomic E-state index is 12.8. The van der Waals surface area contributed by atoms with Crippen molar-refractivity contribution >= 4 is 49.1 Å². The van der Waals surface area contributed by atoms with E-state index in [4.69, 9.17) is 13.8 Å². The number of ether oxygens (including phenoxy) is 2. The van der Waals surface area contributed by atoms with Crippen LogP contribution in [0.3, 0.4) is 0 Å². The van der Waals surface area contributed by atoms with Gasteiger partial charge < -0.3 is 19.9 Å². The predicted molar refractivity (Wildman–Crippen MR) is 155 cm³/mol. The molecule has 0 aliphatic rings. The smallest absolute Gasteiger partial charge is 0.352 e. The fraction of sp³-hybridized carbons (Fsp3) is 0.458. The second-order valence-corrected chi connectivity index (χ2v) is 14.3. The molecule has 0 spiro atoms. The van der Waals surface area contributed by atoms with E-state index in [1.165, 1.54) is 12.5 Å². The van der Waals surface area contributed by atoms with Crippen molar-refractivity contribution in [1.29, 1.82) is 0 Å². The van der Waals surface area contributed by atoms with Gasteiger partial charge in [-0.3, -0.25) is 29.6 Å². The average molecular weight is 650 g/mol. The van der Waals surface area contributed by atoms with Crippen molar-refractivity contribution in [2.24, 2.45) is 0 Å². The summed E-state index contributed by atoms with van der Waals surface area (Å²) < 4.78 is 49.3. The molecule has 17 nitrogen and oxygen atoms in total. The molecule has 2 rings (SSSR count). The summed E-state index contributed by atoms with van der Waals surface area (Å²) in [6.07, 6.45) is 3.77. The van der Waals surface area contributed by atoms with Gasteiger partial charge in [-0.05, 0) is 41.0 Å². The lowest BCUT2D eigenvalue weighted by atomic mass is 10.2. The van der Waals surface area contributed by atoms with Crippen molar-refractivity contribution in [3.63, 3.8) is 0 Å². The molecule has 2 aromatic carbocycles. The largest absolute Gasteiger partial charge is 0.491 e. The first-order valence-corrected chi connectivity index (χ1v) is 16.6. The first kappa shape index (κ1) is 35.3. The fourth-order valence-electron chi connectivity index (χ4n) is 3.39. The molecule has 43 heavy (non-hydrogen) atoms. The molecule has 0 aliphatic heterocycles. The Balaban J connectivity index is 2.00. The van der Waals surface area contributed by atoms with E-state index in [9.17, 15) is 48.0 Å².